The number of nitrogens with zero attached hydrogens (tertiary/aromatic N) is 1. The standard InChI is InChI=1S/C23H38N2O/c1-18-16-22(24)23(26-2)17-21(18)20-11-14-25(15-12-20)13-7-3-4-8-19-9-5-6-10-19/h16-17,19-20H,3-15,24H2,1-2H3. The quantitative estimate of drug-likeness (QED) is 0.491. The molecule has 0 spiro atoms. The van der Waals surface area contributed by atoms with Gasteiger partial charge in [-0.25, -0.2) is 0 Å². The van der Waals surface area contributed by atoms with Crippen LogP contribution in [0.2, 0.25) is 0 Å². The number of rotatable bonds is 8. The number of piperidine rings is 1. The first kappa shape index (κ1) is 19.5. The SMILES string of the molecule is COc1cc(C2CCN(CCCCCC3CCCC3)CC2)c(C)cc1N. The first-order valence-corrected chi connectivity index (χ1v) is 10.8. The molecule has 1 aromatic carbocycles. The van der Waals surface area contributed by atoms with E-state index in [0.29, 0.717) is 5.92 Å². The predicted molar refractivity (Wildman–Crippen MR) is 111 cm³/mol. The van der Waals surface area contributed by atoms with E-state index in [4.69, 9.17) is 10.5 Å². The number of unbranched alkanes of at least 4 members (excludes halogenated alkanes) is 2. The van der Waals surface area contributed by atoms with Gasteiger partial charge < -0.3 is 15.4 Å². The molecule has 1 aromatic rings. The second kappa shape index (κ2) is 9.64. The fourth-order valence-electron chi connectivity index (χ4n) is 5.05. The summed E-state index contributed by atoms with van der Waals surface area (Å²) >= 11 is 0. The highest BCUT2D eigenvalue weighted by atomic mass is 16.5. The minimum Gasteiger partial charge on any atom is -0.495 e. The molecule has 0 atom stereocenters. The average Bonchev–Trinajstić information content (AvgIpc) is 3.16. The molecule has 1 aliphatic heterocycles. The van der Waals surface area contributed by atoms with Crippen LogP contribution in [0.25, 0.3) is 0 Å². The Morgan fingerprint density at radius 3 is 2.46 bits per heavy atom. The number of benzene rings is 1. The zero-order chi connectivity index (χ0) is 18.4. The number of methoxy groups -OCH3 is 1. The Bertz CT molecular complexity index is 558. The van der Waals surface area contributed by atoms with E-state index in [1.54, 1.807) is 7.11 Å². The third-order valence-corrected chi connectivity index (χ3v) is 6.71. The molecule has 3 rings (SSSR count). The normalized spacial score (nSPS) is 19.9. The van der Waals surface area contributed by atoms with Crippen LogP contribution in [0.5, 0.6) is 5.75 Å². The first-order chi connectivity index (χ1) is 12.7. The van der Waals surface area contributed by atoms with E-state index in [1.165, 1.54) is 95.0 Å². The summed E-state index contributed by atoms with van der Waals surface area (Å²) in [7, 11) is 1.71. The molecule has 1 heterocycles. The van der Waals surface area contributed by atoms with Crippen LogP contribution in [0.1, 0.15) is 81.3 Å². The molecule has 3 heteroatoms. The lowest BCUT2D eigenvalue weighted by Crippen LogP contribution is -2.33. The van der Waals surface area contributed by atoms with Crippen molar-refractivity contribution < 1.29 is 4.74 Å². The van der Waals surface area contributed by atoms with E-state index in [0.717, 1.165) is 17.4 Å². The largest absolute Gasteiger partial charge is 0.495 e. The van der Waals surface area contributed by atoms with Crippen LogP contribution >= 0.6 is 0 Å². The van der Waals surface area contributed by atoms with Crippen LogP contribution < -0.4 is 10.5 Å². The second-order valence-corrected chi connectivity index (χ2v) is 8.57. The third kappa shape index (κ3) is 5.16. The monoisotopic (exact) mass is 358 g/mol. The molecular formula is C23H38N2O. The molecule has 2 N–H and O–H groups in total. The molecule has 0 amide bonds. The summed E-state index contributed by atoms with van der Waals surface area (Å²) in [6, 6.07) is 4.25. The Morgan fingerprint density at radius 1 is 1.04 bits per heavy atom. The molecule has 0 radical (unpaired) electrons. The molecule has 0 bridgehead atoms. The van der Waals surface area contributed by atoms with Crippen LogP contribution in [0, 0.1) is 12.8 Å². The van der Waals surface area contributed by atoms with Gasteiger partial charge in [0.1, 0.15) is 5.75 Å². The fourth-order valence-corrected chi connectivity index (χ4v) is 5.05. The van der Waals surface area contributed by atoms with E-state index in [1.807, 2.05) is 0 Å². The van der Waals surface area contributed by atoms with Crippen LogP contribution in [-0.2, 0) is 0 Å². The van der Waals surface area contributed by atoms with Crippen molar-refractivity contribution in [2.45, 2.75) is 77.0 Å². The summed E-state index contributed by atoms with van der Waals surface area (Å²) in [5, 5.41) is 0. The topological polar surface area (TPSA) is 38.5 Å². The van der Waals surface area contributed by atoms with Gasteiger partial charge in [0.15, 0.2) is 0 Å². The third-order valence-electron chi connectivity index (χ3n) is 6.71. The molecule has 0 unspecified atom stereocenters. The molecular weight excluding hydrogens is 320 g/mol. The maximum absolute atomic E-state index is 6.04. The van der Waals surface area contributed by atoms with Gasteiger partial charge in [-0.2, -0.15) is 0 Å². The van der Waals surface area contributed by atoms with Gasteiger partial charge in [0.25, 0.3) is 0 Å². The highest BCUT2D eigenvalue weighted by Gasteiger charge is 2.22. The number of hydrogen-bond donors (Lipinski definition) is 1. The smallest absolute Gasteiger partial charge is 0.142 e. The molecule has 2 fully saturated rings. The summed E-state index contributed by atoms with van der Waals surface area (Å²) in [5.74, 6) is 2.55. The van der Waals surface area contributed by atoms with E-state index in [-0.39, 0.29) is 0 Å². The van der Waals surface area contributed by atoms with Crippen molar-refractivity contribution >= 4 is 5.69 Å². The molecule has 2 aliphatic rings. The van der Waals surface area contributed by atoms with Crippen LogP contribution in [-0.4, -0.2) is 31.6 Å². The Hall–Kier alpha value is -1.22. The Morgan fingerprint density at radius 2 is 1.77 bits per heavy atom. The zero-order valence-electron chi connectivity index (χ0n) is 16.9. The number of aryl methyl sites for hydroxylation is 1. The Balaban J connectivity index is 1.37. The maximum atomic E-state index is 6.04. The van der Waals surface area contributed by atoms with E-state index in [2.05, 4.69) is 24.0 Å². The number of nitrogen functional groups attached to an aromatic ring is 1. The van der Waals surface area contributed by atoms with Crippen molar-refractivity contribution in [1.82, 2.24) is 4.90 Å². The lowest BCUT2D eigenvalue weighted by Gasteiger charge is -2.33. The fraction of sp³-hybridized carbons (Fsp3) is 0.739. The van der Waals surface area contributed by atoms with Crippen molar-refractivity contribution in [3.05, 3.63) is 23.3 Å². The van der Waals surface area contributed by atoms with Gasteiger partial charge >= 0.3 is 0 Å². The van der Waals surface area contributed by atoms with E-state index in [9.17, 15) is 0 Å². The van der Waals surface area contributed by atoms with Crippen molar-refractivity contribution in [3.8, 4) is 5.75 Å². The van der Waals surface area contributed by atoms with Crippen molar-refractivity contribution in [2.24, 2.45) is 5.92 Å². The van der Waals surface area contributed by atoms with Gasteiger partial charge in [-0.1, -0.05) is 44.9 Å². The Labute approximate surface area is 160 Å². The average molecular weight is 359 g/mol. The summed E-state index contributed by atoms with van der Waals surface area (Å²) < 4.78 is 5.43. The van der Waals surface area contributed by atoms with Crippen LogP contribution in [0.15, 0.2) is 12.1 Å². The number of nitrogens with two attached hydrogens (primary N) is 1. The minimum atomic E-state index is 0.656. The van der Waals surface area contributed by atoms with Gasteiger partial charge in [-0.05, 0) is 80.9 Å². The van der Waals surface area contributed by atoms with Gasteiger partial charge in [0.2, 0.25) is 0 Å². The van der Waals surface area contributed by atoms with Gasteiger partial charge in [-0.3, -0.25) is 0 Å². The van der Waals surface area contributed by atoms with Gasteiger partial charge in [0, 0.05) is 0 Å². The Kier molecular flexibility index (Phi) is 7.24. The zero-order valence-corrected chi connectivity index (χ0v) is 16.9. The maximum Gasteiger partial charge on any atom is 0.142 e. The molecule has 3 nitrogen and oxygen atoms in total. The second-order valence-electron chi connectivity index (χ2n) is 8.57. The summed E-state index contributed by atoms with van der Waals surface area (Å²) in [6.07, 6.45) is 14.2. The van der Waals surface area contributed by atoms with Crippen molar-refractivity contribution in [2.75, 3.05) is 32.5 Å². The number of hydrogen-bond acceptors (Lipinski definition) is 3. The van der Waals surface area contributed by atoms with Gasteiger partial charge in [-0.15, -0.1) is 0 Å². The molecule has 1 saturated heterocycles. The summed E-state index contributed by atoms with van der Waals surface area (Å²) in [5.41, 5.74) is 9.54. The lowest BCUT2D eigenvalue weighted by atomic mass is 9.86. The lowest BCUT2D eigenvalue weighted by molar-refractivity contribution is 0.207. The summed E-state index contributed by atoms with van der Waals surface area (Å²) in [4.78, 5) is 2.68. The van der Waals surface area contributed by atoms with Crippen molar-refractivity contribution in [3.63, 3.8) is 0 Å². The van der Waals surface area contributed by atoms with Crippen LogP contribution in [0.4, 0.5) is 5.69 Å². The van der Waals surface area contributed by atoms with Gasteiger partial charge in [0.05, 0.1) is 12.8 Å². The van der Waals surface area contributed by atoms with Crippen LogP contribution in [0.3, 0.4) is 0 Å². The molecule has 1 aliphatic carbocycles. The first-order valence-electron chi connectivity index (χ1n) is 10.8. The molecule has 146 valence electrons. The number of likely N-dealkylation sites (tertiary alicyclic amines) is 1. The van der Waals surface area contributed by atoms with Crippen molar-refractivity contribution in [1.29, 1.82) is 0 Å². The molecule has 1 saturated carbocycles. The molecule has 0 aromatic heterocycles. The minimum absolute atomic E-state index is 0.656. The van der Waals surface area contributed by atoms with E-state index >= 15 is 0 Å². The highest BCUT2D eigenvalue weighted by molar-refractivity contribution is 5.57. The number of anilines is 1. The number of ether oxygens (including phenoxy) is 1. The summed E-state index contributed by atoms with van der Waals surface area (Å²) in [6.45, 7) is 5.95. The molecule has 26 heavy (non-hydrogen) atoms. The predicted octanol–water partition coefficient (Wildman–Crippen LogP) is 5.52. The van der Waals surface area contributed by atoms with E-state index < -0.39 is 0 Å². The highest BCUT2D eigenvalue weighted by Crippen LogP contribution is 2.35.